The number of nitrogens with zero attached hydrogens (tertiary/aromatic N) is 1. The summed E-state index contributed by atoms with van der Waals surface area (Å²) in [5.41, 5.74) is 5.59. The van der Waals surface area contributed by atoms with Crippen LogP contribution in [0.25, 0.3) is 10.1 Å². The van der Waals surface area contributed by atoms with Gasteiger partial charge in [-0.05, 0) is 12.1 Å². The summed E-state index contributed by atoms with van der Waals surface area (Å²) in [6.45, 7) is 0. The summed E-state index contributed by atoms with van der Waals surface area (Å²) in [5, 5.41) is 1.40. The normalized spacial score (nSPS) is 10.8. The van der Waals surface area contributed by atoms with Crippen molar-refractivity contribution in [1.82, 2.24) is 4.57 Å². The molecule has 3 nitrogen and oxygen atoms in total. The minimum Gasteiger partial charge on any atom is -0.391 e. The van der Waals surface area contributed by atoms with Crippen LogP contribution in [-0.4, -0.2) is 4.57 Å². The Morgan fingerprint density at radius 1 is 1.58 bits per heavy atom. The lowest BCUT2D eigenvalue weighted by atomic mass is 10.3. The first kappa shape index (κ1) is 7.36. The molecule has 0 saturated carbocycles. The van der Waals surface area contributed by atoms with Crippen LogP contribution in [0.1, 0.15) is 0 Å². The lowest BCUT2D eigenvalue weighted by molar-refractivity contribution is 0.874. The van der Waals surface area contributed by atoms with Gasteiger partial charge >= 0.3 is 0 Å². The van der Waals surface area contributed by atoms with E-state index in [2.05, 4.69) is 0 Å². The minimum absolute atomic E-state index is 0.0143. The van der Waals surface area contributed by atoms with Gasteiger partial charge in [-0.25, -0.2) is 0 Å². The molecular weight excluding hydrogens is 172 g/mol. The predicted octanol–water partition coefficient (Wildman–Crippen LogP) is 1.18. The van der Waals surface area contributed by atoms with Crippen LogP contribution in [0.2, 0.25) is 0 Å². The molecule has 12 heavy (non-hydrogen) atoms. The summed E-state index contributed by atoms with van der Waals surface area (Å²) < 4.78 is 2.50. The molecule has 2 aromatic rings. The predicted molar refractivity (Wildman–Crippen MR) is 51.5 cm³/mol. The molecule has 0 atom stereocenters. The first-order valence-electron chi connectivity index (χ1n) is 3.53. The number of thiophene rings is 1. The van der Waals surface area contributed by atoms with Crippen molar-refractivity contribution in [2.75, 3.05) is 5.73 Å². The van der Waals surface area contributed by atoms with Crippen LogP contribution in [0.3, 0.4) is 0 Å². The molecule has 0 bridgehead atoms. The Bertz CT molecular complexity index is 483. The number of hydrogen-bond donors (Lipinski definition) is 1. The summed E-state index contributed by atoms with van der Waals surface area (Å²) in [5.74, 6) is 0. The Labute approximate surface area is 73.0 Å². The van der Waals surface area contributed by atoms with E-state index in [9.17, 15) is 4.79 Å². The van der Waals surface area contributed by atoms with Crippen LogP contribution in [0.5, 0.6) is 0 Å². The van der Waals surface area contributed by atoms with Crippen LogP contribution in [-0.2, 0) is 7.05 Å². The lowest BCUT2D eigenvalue weighted by Gasteiger charge is -1.93. The lowest BCUT2D eigenvalue weighted by Crippen LogP contribution is -2.14. The van der Waals surface area contributed by atoms with Gasteiger partial charge in [0.25, 0.3) is 5.56 Å². The van der Waals surface area contributed by atoms with Crippen molar-refractivity contribution < 1.29 is 0 Å². The van der Waals surface area contributed by atoms with Crippen molar-refractivity contribution >= 4 is 26.4 Å². The fourth-order valence-electron chi connectivity index (χ4n) is 1.15. The molecule has 2 heterocycles. The van der Waals surface area contributed by atoms with Crippen molar-refractivity contribution in [2.45, 2.75) is 0 Å². The molecule has 2 aromatic heterocycles. The molecule has 0 radical (unpaired) electrons. The second-order valence-corrected chi connectivity index (χ2v) is 3.77. The smallest absolute Gasteiger partial charge is 0.259 e. The molecule has 0 aliphatic rings. The van der Waals surface area contributed by atoms with Crippen molar-refractivity contribution in [2.24, 2.45) is 7.05 Å². The SMILES string of the molecule is Cn1ccc2sc(N)cc2c1=O. The van der Waals surface area contributed by atoms with Crippen LogP contribution in [0, 0.1) is 0 Å². The van der Waals surface area contributed by atoms with E-state index in [1.165, 1.54) is 11.3 Å². The average molecular weight is 180 g/mol. The van der Waals surface area contributed by atoms with Gasteiger partial charge < -0.3 is 10.3 Å². The largest absolute Gasteiger partial charge is 0.391 e. The molecule has 0 spiro atoms. The van der Waals surface area contributed by atoms with Crippen molar-refractivity contribution in [3.8, 4) is 0 Å². The van der Waals surface area contributed by atoms with Gasteiger partial charge in [0.15, 0.2) is 0 Å². The van der Waals surface area contributed by atoms with Crippen molar-refractivity contribution in [3.05, 3.63) is 28.7 Å². The second-order valence-electron chi connectivity index (χ2n) is 2.66. The zero-order valence-electron chi connectivity index (χ0n) is 6.57. The molecule has 0 aromatic carbocycles. The highest BCUT2D eigenvalue weighted by molar-refractivity contribution is 7.22. The maximum Gasteiger partial charge on any atom is 0.259 e. The Balaban J connectivity index is 2.99. The molecule has 4 heteroatoms. The van der Waals surface area contributed by atoms with E-state index in [1.54, 1.807) is 23.9 Å². The molecule has 0 aliphatic carbocycles. The standard InChI is InChI=1S/C8H8N2OS/c1-10-3-2-6-5(8(10)11)4-7(9)12-6/h2-4H,9H2,1H3. The summed E-state index contributed by atoms with van der Waals surface area (Å²) in [6, 6.07) is 3.63. The van der Waals surface area contributed by atoms with Crippen LogP contribution in [0.4, 0.5) is 5.00 Å². The number of nitrogen functional groups attached to an aromatic ring is 1. The van der Waals surface area contributed by atoms with Gasteiger partial charge in [0, 0.05) is 17.9 Å². The third-order valence-corrected chi connectivity index (χ3v) is 2.71. The number of fused-ring (bicyclic) bond motifs is 1. The molecule has 2 N–H and O–H groups in total. The van der Waals surface area contributed by atoms with Gasteiger partial charge in [0.2, 0.25) is 0 Å². The third kappa shape index (κ3) is 0.921. The Hall–Kier alpha value is -1.29. The first-order valence-corrected chi connectivity index (χ1v) is 4.35. The van der Waals surface area contributed by atoms with E-state index in [0.717, 1.165) is 4.70 Å². The number of aromatic nitrogens is 1. The summed E-state index contributed by atoms with van der Waals surface area (Å²) in [4.78, 5) is 11.5. The second kappa shape index (κ2) is 2.35. The molecule has 0 unspecified atom stereocenters. The number of nitrogens with two attached hydrogens (primary N) is 1. The highest BCUT2D eigenvalue weighted by Gasteiger charge is 2.02. The van der Waals surface area contributed by atoms with E-state index in [1.807, 2.05) is 6.07 Å². The summed E-state index contributed by atoms with van der Waals surface area (Å²) >= 11 is 1.44. The molecular formula is C8H8N2OS. The Morgan fingerprint density at radius 2 is 2.33 bits per heavy atom. The van der Waals surface area contributed by atoms with Gasteiger partial charge in [0.05, 0.1) is 10.4 Å². The highest BCUT2D eigenvalue weighted by atomic mass is 32.1. The Kier molecular flexibility index (Phi) is 1.44. The minimum atomic E-state index is 0.0143. The molecule has 0 aliphatic heterocycles. The van der Waals surface area contributed by atoms with E-state index >= 15 is 0 Å². The maximum atomic E-state index is 11.5. The van der Waals surface area contributed by atoms with Gasteiger partial charge in [-0.15, -0.1) is 11.3 Å². The topological polar surface area (TPSA) is 48.0 Å². The van der Waals surface area contributed by atoms with Gasteiger partial charge in [-0.3, -0.25) is 4.79 Å². The number of hydrogen-bond acceptors (Lipinski definition) is 3. The molecule has 0 amide bonds. The fourth-order valence-corrected chi connectivity index (χ4v) is 1.97. The molecule has 0 fully saturated rings. The number of rotatable bonds is 0. The monoisotopic (exact) mass is 180 g/mol. The van der Waals surface area contributed by atoms with E-state index < -0.39 is 0 Å². The van der Waals surface area contributed by atoms with Crippen LogP contribution >= 0.6 is 11.3 Å². The maximum absolute atomic E-state index is 11.5. The van der Waals surface area contributed by atoms with Crippen LogP contribution < -0.4 is 11.3 Å². The van der Waals surface area contributed by atoms with Crippen LogP contribution in [0.15, 0.2) is 23.1 Å². The molecule has 2 rings (SSSR count). The zero-order valence-corrected chi connectivity index (χ0v) is 7.39. The quantitative estimate of drug-likeness (QED) is 0.661. The van der Waals surface area contributed by atoms with E-state index in [-0.39, 0.29) is 5.56 Å². The van der Waals surface area contributed by atoms with Crippen molar-refractivity contribution in [3.63, 3.8) is 0 Å². The number of aryl methyl sites for hydroxylation is 1. The van der Waals surface area contributed by atoms with Gasteiger partial charge in [-0.2, -0.15) is 0 Å². The van der Waals surface area contributed by atoms with Gasteiger partial charge in [0.1, 0.15) is 0 Å². The number of pyridine rings is 1. The number of anilines is 1. The zero-order chi connectivity index (χ0) is 8.72. The fraction of sp³-hybridized carbons (Fsp3) is 0.125. The molecule has 62 valence electrons. The third-order valence-electron chi connectivity index (χ3n) is 1.78. The summed E-state index contributed by atoms with van der Waals surface area (Å²) in [6.07, 6.45) is 1.75. The Morgan fingerprint density at radius 3 is 3.08 bits per heavy atom. The van der Waals surface area contributed by atoms with E-state index in [0.29, 0.717) is 10.4 Å². The average Bonchev–Trinajstić information content (AvgIpc) is 2.39. The van der Waals surface area contributed by atoms with Crippen molar-refractivity contribution in [1.29, 1.82) is 0 Å². The summed E-state index contributed by atoms with van der Waals surface area (Å²) in [7, 11) is 1.73. The highest BCUT2D eigenvalue weighted by Crippen LogP contribution is 2.23. The van der Waals surface area contributed by atoms with E-state index in [4.69, 9.17) is 5.73 Å². The van der Waals surface area contributed by atoms with Gasteiger partial charge in [-0.1, -0.05) is 0 Å². The first-order chi connectivity index (χ1) is 5.68. The molecule has 0 saturated heterocycles.